The quantitative estimate of drug-likeness (QED) is 0.124. The molecule has 0 aliphatic rings. The SMILES string of the molecule is c1ccc(-c2nc(-c3cccc(-c4ccc5ccccc5c4)c3)cc(-c3ccc4cc(-c5c6ccccc6c(-c6ccccc6)c6ccc7ccccc7c56)ccc4c3)n2)cc1. The molecule has 0 saturated heterocycles. The zero-order valence-corrected chi connectivity index (χ0v) is 33.8. The van der Waals surface area contributed by atoms with E-state index in [0.717, 1.165) is 39.0 Å². The Balaban J connectivity index is 1.00. The topological polar surface area (TPSA) is 25.8 Å². The van der Waals surface area contributed by atoms with Crippen LogP contribution >= 0.6 is 0 Å². The van der Waals surface area contributed by atoms with E-state index in [1.807, 2.05) is 18.2 Å². The second kappa shape index (κ2) is 14.8. The number of hydrogen-bond acceptors (Lipinski definition) is 2. The minimum Gasteiger partial charge on any atom is -0.228 e. The third-order valence-corrected chi connectivity index (χ3v) is 12.4. The molecule has 1 aromatic heterocycles. The van der Waals surface area contributed by atoms with Crippen LogP contribution in [0.15, 0.2) is 231 Å². The van der Waals surface area contributed by atoms with Gasteiger partial charge in [-0.25, -0.2) is 9.97 Å². The van der Waals surface area contributed by atoms with Crippen LogP contribution in [0.2, 0.25) is 0 Å². The van der Waals surface area contributed by atoms with Crippen LogP contribution in [0, 0.1) is 0 Å². The van der Waals surface area contributed by atoms with Crippen LogP contribution < -0.4 is 0 Å². The smallest absolute Gasteiger partial charge is 0.160 e. The first kappa shape index (κ1) is 35.7. The Morgan fingerprint density at radius 2 is 0.694 bits per heavy atom. The van der Waals surface area contributed by atoms with Gasteiger partial charge in [-0.2, -0.15) is 0 Å². The van der Waals surface area contributed by atoms with Crippen molar-refractivity contribution in [3.05, 3.63) is 231 Å². The van der Waals surface area contributed by atoms with Crippen molar-refractivity contribution in [2.75, 3.05) is 0 Å². The molecule has 0 saturated carbocycles. The van der Waals surface area contributed by atoms with Crippen LogP contribution in [-0.2, 0) is 0 Å². The lowest BCUT2D eigenvalue weighted by Gasteiger charge is -2.19. The highest BCUT2D eigenvalue weighted by molar-refractivity contribution is 6.28. The standard InChI is InChI=1S/C60H38N2/c1-3-16-41(17-4-1)57-52-24-11-12-25-53(52)58(59-51-23-10-9-15-40(51)32-33-54(57)59)50-31-29-46-36-49(30-28-47(46)37-50)56-38-55(61-60(62-56)42-18-5-2-6-19-42)48-22-13-21-44(35-48)45-27-26-39-14-7-8-20-43(39)34-45/h1-38H. The Bertz CT molecular complexity index is 3680. The van der Waals surface area contributed by atoms with Gasteiger partial charge in [-0.15, -0.1) is 0 Å². The maximum absolute atomic E-state index is 5.21. The Kier molecular flexibility index (Phi) is 8.53. The number of aromatic nitrogens is 2. The van der Waals surface area contributed by atoms with Gasteiger partial charge in [-0.1, -0.05) is 200 Å². The van der Waals surface area contributed by atoms with Gasteiger partial charge >= 0.3 is 0 Å². The number of benzene rings is 11. The van der Waals surface area contributed by atoms with Gasteiger partial charge in [0.05, 0.1) is 11.4 Å². The van der Waals surface area contributed by atoms with E-state index in [4.69, 9.17) is 9.97 Å². The largest absolute Gasteiger partial charge is 0.228 e. The van der Waals surface area contributed by atoms with Gasteiger partial charge in [0.15, 0.2) is 5.82 Å². The van der Waals surface area contributed by atoms with E-state index in [2.05, 4.69) is 212 Å². The number of hydrogen-bond donors (Lipinski definition) is 0. The third kappa shape index (κ3) is 6.20. The Labute approximate surface area is 360 Å². The Hall–Kier alpha value is -8.20. The average Bonchev–Trinajstić information content (AvgIpc) is 3.35. The lowest BCUT2D eigenvalue weighted by atomic mass is 9.83. The molecule has 0 bridgehead atoms. The zero-order valence-electron chi connectivity index (χ0n) is 33.8. The highest BCUT2D eigenvalue weighted by Crippen LogP contribution is 2.46. The molecule has 2 nitrogen and oxygen atoms in total. The van der Waals surface area contributed by atoms with E-state index in [1.54, 1.807) is 0 Å². The molecule has 1 heterocycles. The number of rotatable bonds is 6. The van der Waals surface area contributed by atoms with Gasteiger partial charge in [-0.05, 0) is 118 Å². The average molecular weight is 787 g/mol. The minimum absolute atomic E-state index is 0.703. The zero-order chi connectivity index (χ0) is 41.0. The fourth-order valence-electron chi connectivity index (χ4n) is 9.41. The third-order valence-electron chi connectivity index (χ3n) is 12.4. The second-order valence-electron chi connectivity index (χ2n) is 16.1. The molecule has 0 radical (unpaired) electrons. The normalized spacial score (nSPS) is 11.5. The molecule has 288 valence electrons. The van der Waals surface area contributed by atoms with E-state index in [1.165, 1.54) is 76.3 Å². The molecule has 0 N–H and O–H groups in total. The second-order valence-corrected chi connectivity index (χ2v) is 16.1. The molecule has 12 rings (SSSR count). The molecule has 12 aromatic rings. The Morgan fingerprint density at radius 3 is 1.45 bits per heavy atom. The molecule has 0 fully saturated rings. The molecule has 0 aliphatic heterocycles. The van der Waals surface area contributed by atoms with Crippen LogP contribution in [0.25, 0.3) is 121 Å². The fraction of sp³-hybridized carbons (Fsp3) is 0. The van der Waals surface area contributed by atoms with Gasteiger partial charge in [-0.3, -0.25) is 0 Å². The summed E-state index contributed by atoms with van der Waals surface area (Å²) in [6, 6.07) is 83.1. The van der Waals surface area contributed by atoms with Gasteiger partial charge in [0, 0.05) is 16.7 Å². The molecule has 0 spiro atoms. The van der Waals surface area contributed by atoms with Gasteiger partial charge in [0.1, 0.15) is 0 Å². The molecule has 0 unspecified atom stereocenters. The maximum atomic E-state index is 5.21. The van der Waals surface area contributed by atoms with Crippen LogP contribution in [0.4, 0.5) is 0 Å². The van der Waals surface area contributed by atoms with Crippen molar-refractivity contribution in [3.8, 4) is 67.3 Å². The van der Waals surface area contributed by atoms with Crippen LogP contribution in [-0.4, -0.2) is 9.97 Å². The molecule has 62 heavy (non-hydrogen) atoms. The molecule has 0 atom stereocenters. The summed E-state index contributed by atoms with van der Waals surface area (Å²) in [5.74, 6) is 0.703. The van der Waals surface area contributed by atoms with E-state index in [0.29, 0.717) is 5.82 Å². The van der Waals surface area contributed by atoms with Gasteiger partial charge in [0.2, 0.25) is 0 Å². The minimum atomic E-state index is 0.703. The molecule has 2 heteroatoms. The van der Waals surface area contributed by atoms with Gasteiger partial charge < -0.3 is 0 Å². The monoisotopic (exact) mass is 786 g/mol. The van der Waals surface area contributed by atoms with Crippen molar-refractivity contribution in [3.63, 3.8) is 0 Å². The lowest BCUT2D eigenvalue weighted by molar-refractivity contribution is 1.18. The lowest BCUT2D eigenvalue weighted by Crippen LogP contribution is -1.96. The molecular weight excluding hydrogens is 749 g/mol. The van der Waals surface area contributed by atoms with Crippen molar-refractivity contribution < 1.29 is 0 Å². The highest BCUT2D eigenvalue weighted by Gasteiger charge is 2.19. The van der Waals surface area contributed by atoms with E-state index in [-0.39, 0.29) is 0 Å². The first-order valence-electron chi connectivity index (χ1n) is 21.2. The van der Waals surface area contributed by atoms with E-state index >= 15 is 0 Å². The number of nitrogens with zero attached hydrogens (tertiary/aromatic N) is 2. The molecule has 11 aromatic carbocycles. The molecule has 0 amide bonds. The van der Waals surface area contributed by atoms with Crippen LogP contribution in [0.1, 0.15) is 0 Å². The summed E-state index contributed by atoms with van der Waals surface area (Å²) in [5, 5.41) is 12.3. The summed E-state index contributed by atoms with van der Waals surface area (Å²) >= 11 is 0. The van der Waals surface area contributed by atoms with Crippen molar-refractivity contribution >= 4 is 53.9 Å². The van der Waals surface area contributed by atoms with E-state index in [9.17, 15) is 0 Å². The van der Waals surface area contributed by atoms with Crippen LogP contribution in [0.3, 0.4) is 0 Å². The predicted octanol–water partition coefficient (Wildman–Crippen LogP) is 16.2. The predicted molar refractivity (Wildman–Crippen MR) is 262 cm³/mol. The molecular formula is C60H38N2. The summed E-state index contributed by atoms with van der Waals surface area (Å²) in [6.45, 7) is 0. The number of fused-ring (bicyclic) bond motifs is 6. The first-order chi connectivity index (χ1) is 30.7. The highest BCUT2D eigenvalue weighted by atomic mass is 14.9. The maximum Gasteiger partial charge on any atom is 0.160 e. The van der Waals surface area contributed by atoms with Crippen LogP contribution in [0.5, 0.6) is 0 Å². The van der Waals surface area contributed by atoms with Crippen molar-refractivity contribution in [1.82, 2.24) is 9.97 Å². The summed E-state index contributed by atoms with van der Waals surface area (Å²) in [5.41, 5.74) is 12.1. The Morgan fingerprint density at radius 1 is 0.226 bits per heavy atom. The summed E-state index contributed by atoms with van der Waals surface area (Å²) in [6.07, 6.45) is 0. The van der Waals surface area contributed by atoms with E-state index < -0.39 is 0 Å². The van der Waals surface area contributed by atoms with Crippen molar-refractivity contribution in [2.45, 2.75) is 0 Å². The first-order valence-corrected chi connectivity index (χ1v) is 21.2. The summed E-state index contributed by atoms with van der Waals surface area (Å²) in [4.78, 5) is 10.4. The summed E-state index contributed by atoms with van der Waals surface area (Å²) in [7, 11) is 0. The van der Waals surface area contributed by atoms with Crippen molar-refractivity contribution in [1.29, 1.82) is 0 Å². The summed E-state index contributed by atoms with van der Waals surface area (Å²) < 4.78 is 0. The molecule has 0 aliphatic carbocycles. The van der Waals surface area contributed by atoms with Gasteiger partial charge in [0.25, 0.3) is 0 Å². The fourth-order valence-corrected chi connectivity index (χ4v) is 9.41. The van der Waals surface area contributed by atoms with Crippen molar-refractivity contribution in [2.24, 2.45) is 0 Å².